The third kappa shape index (κ3) is 5.33. The smallest absolute Gasteiger partial charge is 0.337 e. The van der Waals surface area contributed by atoms with Crippen LogP contribution in [0.25, 0.3) is 0 Å². The Labute approximate surface area is 204 Å². The Balaban J connectivity index is 1.58. The Kier molecular flexibility index (Phi) is 7.41. The van der Waals surface area contributed by atoms with E-state index >= 15 is 0 Å². The molecular weight excluding hydrogens is 446 g/mol. The lowest BCUT2D eigenvalue weighted by Crippen LogP contribution is -2.34. The molecule has 0 spiro atoms. The summed E-state index contributed by atoms with van der Waals surface area (Å²) < 4.78 is 11.0. The van der Waals surface area contributed by atoms with Crippen LogP contribution in [0.15, 0.2) is 82.3 Å². The van der Waals surface area contributed by atoms with Gasteiger partial charge in [-0.3, -0.25) is 4.90 Å². The minimum absolute atomic E-state index is 0.209. The van der Waals surface area contributed by atoms with Crippen molar-refractivity contribution in [3.63, 3.8) is 0 Å². The van der Waals surface area contributed by atoms with Gasteiger partial charge in [0, 0.05) is 31.0 Å². The number of allylic oxidation sites excluding steroid dienone is 2. The Morgan fingerprint density at radius 3 is 2.43 bits per heavy atom. The zero-order valence-electron chi connectivity index (χ0n) is 20.1. The van der Waals surface area contributed by atoms with Crippen molar-refractivity contribution in [1.82, 2.24) is 10.2 Å². The highest BCUT2D eigenvalue weighted by Gasteiger charge is 2.39. The topological polar surface area (TPSA) is 97.3 Å². The number of likely N-dealkylation sites (tertiary alicyclic amines) is 1. The van der Waals surface area contributed by atoms with Crippen LogP contribution in [-0.4, -0.2) is 43.1 Å². The van der Waals surface area contributed by atoms with Gasteiger partial charge in [-0.25, -0.2) is 9.59 Å². The second-order valence-electron chi connectivity index (χ2n) is 8.85. The molecule has 0 saturated carbocycles. The number of nitrogens with zero attached hydrogens (tertiary/aromatic N) is 2. The molecule has 1 saturated heterocycles. The molecule has 8 heteroatoms. The average Bonchev–Trinajstić information content (AvgIpc) is 3.30. The number of nitrogens with one attached hydrogen (secondary N) is 1. The zero-order chi connectivity index (χ0) is 24.9. The Hall–Kier alpha value is -3.78. The second-order valence-corrected chi connectivity index (χ2v) is 8.85. The number of benzene rings is 2. The van der Waals surface area contributed by atoms with Crippen molar-refractivity contribution in [2.75, 3.05) is 20.2 Å². The number of carbonyl (C=O) groups is 2. The highest BCUT2D eigenvalue weighted by molar-refractivity contribution is 6.00. The highest BCUT2D eigenvalue weighted by atomic mass is 16.5. The van der Waals surface area contributed by atoms with Gasteiger partial charge in [-0.15, -0.1) is 4.91 Å². The first-order valence-corrected chi connectivity index (χ1v) is 11.6. The van der Waals surface area contributed by atoms with E-state index in [0.717, 1.165) is 19.5 Å². The van der Waals surface area contributed by atoms with E-state index in [1.807, 2.05) is 18.2 Å². The summed E-state index contributed by atoms with van der Waals surface area (Å²) in [5.41, 5.74) is 3.80. The summed E-state index contributed by atoms with van der Waals surface area (Å²) in [6.45, 7) is 5.78. The first-order chi connectivity index (χ1) is 16.9. The minimum atomic E-state index is -0.750. The normalized spacial score (nSPS) is 20.4. The molecule has 8 nitrogen and oxygen atoms in total. The number of ether oxygens (including phenoxy) is 2. The number of nitroso groups, excluding NO2 is 1. The predicted octanol–water partition coefficient (Wildman–Crippen LogP) is 4.31. The molecule has 0 unspecified atom stereocenters. The van der Waals surface area contributed by atoms with E-state index in [4.69, 9.17) is 9.47 Å². The molecule has 4 rings (SSSR count). The van der Waals surface area contributed by atoms with Crippen molar-refractivity contribution in [2.45, 2.75) is 38.8 Å². The molecule has 0 aliphatic carbocycles. The van der Waals surface area contributed by atoms with Crippen LogP contribution in [0.1, 0.15) is 37.3 Å². The largest absolute Gasteiger partial charge is 0.466 e. The molecule has 182 valence electrons. The molecule has 2 aliphatic rings. The predicted molar refractivity (Wildman–Crippen MR) is 131 cm³/mol. The van der Waals surface area contributed by atoms with Crippen LogP contribution in [0.4, 0.5) is 5.69 Å². The van der Waals surface area contributed by atoms with Crippen molar-refractivity contribution in [3.8, 4) is 0 Å². The fourth-order valence-corrected chi connectivity index (χ4v) is 4.83. The van der Waals surface area contributed by atoms with Crippen LogP contribution in [0.5, 0.6) is 0 Å². The molecule has 0 amide bonds. The van der Waals surface area contributed by atoms with Gasteiger partial charge in [0.25, 0.3) is 0 Å². The molecule has 2 heterocycles. The summed E-state index contributed by atoms with van der Waals surface area (Å²) in [5.74, 6) is -1.80. The SMILES string of the molecule is COC(=O)C1=C(C)NC(C)=C(C(=O)O[C@H]2CCN(Cc3ccccc3)C2)[C@@H]1c1cccc(N=O)c1. The third-order valence-corrected chi connectivity index (χ3v) is 6.45. The van der Waals surface area contributed by atoms with Gasteiger partial charge < -0.3 is 14.8 Å². The fraction of sp³-hybridized carbons (Fsp3) is 0.333. The number of methoxy groups -OCH3 is 1. The van der Waals surface area contributed by atoms with Crippen LogP contribution in [0.3, 0.4) is 0 Å². The molecule has 1 N–H and O–H groups in total. The molecule has 2 aromatic carbocycles. The van der Waals surface area contributed by atoms with Gasteiger partial charge in [-0.05, 0) is 48.7 Å². The molecule has 2 aliphatic heterocycles. The van der Waals surface area contributed by atoms with Crippen LogP contribution in [0, 0.1) is 4.91 Å². The fourth-order valence-electron chi connectivity index (χ4n) is 4.83. The van der Waals surface area contributed by atoms with E-state index in [0.29, 0.717) is 34.6 Å². The molecule has 0 bridgehead atoms. The maximum Gasteiger partial charge on any atom is 0.337 e. The first-order valence-electron chi connectivity index (χ1n) is 11.6. The number of dihydropyridines is 1. The lowest BCUT2D eigenvalue weighted by molar-refractivity contribution is -0.144. The van der Waals surface area contributed by atoms with Gasteiger partial charge in [0.1, 0.15) is 11.8 Å². The standard InChI is InChI=1S/C27H29N3O5/c1-17-23(26(31)34-3)25(20-10-7-11-21(14-20)29-33)24(18(2)28-17)27(32)35-22-12-13-30(16-22)15-19-8-5-4-6-9-19/h4-11,14,22,25,28H,12-13,15-16H2,1-3H3/t22-,25+/m0/s1. The lowest BCUT2D eigenvalue weighted by Gasteiger charge is -2.31. The van der Waals surface area contributed by atoms with Gasteiger partial charge in [0.2, 0.25) is 0 Å². The number of hydrogen-bond acceptors (Lipinski definition) is 8. The summed E-state index contributed by atoms with van der Waals surface area (Å²) in [4.78, 5) is 39.7. The Morgan fingerprint density at radius 1 is 1.03 bits per heavy atom. The highest BCUT2D eigenvalue weighted by Crippen LogP contribution is 2.40. The van der Waals surface area contributed by atoms with Gasteiger partial charge in [0.15, 0.2) is 0 Å². The summed E-state index contributed by atoms with van der Waals surface area (Å²) >= 11 is 0. The molecule has 2 atom stereocenters. The summed E-state index contributed by atoms with van der Waals surface area (Å²) in [6, 6.07) is 16.8. The van der Waals surface area contributed by atoms with E-state index in [-0.39, 0.29) is 11.8 Å². The lowest BCUT2D eigenvalue weighted by atomic mass is 9.80. The van der Waals surface area contributed by atoms with Gasteiger partial charge >= 0.3 is 11.9 Å². The number of hydrogen-bond donors (Lipinski definition) is 1. The third-order valence-electron chi connectivity index (χ3n) is 6.45. The van der Waals surface area contributed by atoms with Gasteiger partial charge in [0.05, 0.1) is 24.2 Å². The minimum Gasteiger partial charge on any atom is -0.466 e. The molecule has 35 heavy (non-hydrogen) atoms. The molecule has 0 radical (unpaired) electrons. The quantitative estimate of drug-likeness (QED) is 0.471. The van der Waals surface area contributed by atoms with Crippen molar-refractivity contribution in [1.29, 1.82) is 0 Å². The summed E-state index contributed by atoms with van der Waals surface area (Å²) in [7, 11) is 1.30. The van der Waals surface area contributed by atoms with Crippen LogP contribution in [-0.2, 0) is 25.6 Å². The Morgan fingerprint density at radius 2 is 1.74 bits per heavy atom. The van der Waals surface area contributed by atoms with Crippen molar-refractivity contribution in [2.24, 2.45) is 5.18 Å². The molecular formula is C27H29N3O5. The van der Waals surface area contributed by atoms with Crippen LogP contribution in [0.2, 0.25) is 0 Å². The second kappa shape index (κ2) is 10.7. The van der Waals surface area contributed by atoms with E-state index < -0.39 is 17.9 Å². The van der Waals surface area contributed by atoms with E-state index in [9.17, 15) is 14.5 Å². The first kappa shape index (κ1) is 24.3. The van der Waals surface area contributed by atoms with Crippen molar-refractivity contribution >= 4 is 17.6 Å². The summed E-state index contributed by atoms with van der Waals surface area (Å²) in [6.07, 6.45) is 0.468. The number of rotatable bonds is 7. The van der Waals surface area contributed by atoms with Crippen molar-refractivity contribution < 1.29 is 19.1 Å². The molecule has 0 aromatic heterocycles. The molecule has 2 aromatic rings. The van der Waals surface area contributed by atoms with Crippen LogP contribution < -0.4 is 5.32 Å². The van der Waals surface area contributed by atoms with E-state index in [1.165, 1.54) is 12.7 Å². The maximum atomic E-state index is 13.5. The van der Waals surface area contributed by atoms with Gasteiger partial charge in [-0.2, -0.15) is 0 Å². The van der Waals surface area contributed by atoms with Gasteiger partial charge in [-0.1, -0.05) is 42.5 Å². The number of carbonyl (C=O) groups excluding carboxylic acids is 2. The van der Waals surface area contributed by atoms with E-state index in [2.05, 4.69) is 27.5 Å². The average molecular weight is 476 g/mol. The summed E-state index contributed by atoms with van der Waals surface area (Å²) in [5, 5.41) is 6.15. The van der Waals surface area contributed by atoms with E-state index in [1.54, 1.807) is 38.1 Å². The monoisotopic (exact) mass is 475 g/mol. The molecule has 1 fully saturated rings. The Bertz CT molecular complexity index is 1190. The van der Waals surface area contributed by atoms with Crippen LogP contribution >= 0.6 is 0 Å². The zero-order valence-corrected chi connectivity index (χ0v) is 20.1. The number of esters is 2. The van der Waals surface area contributed by atoms with Crippen molar-refractivity contribution in [3.05, 3.63) is 93.2 Å². The maximum absolute atomic E-state index is 13.5.